The second-order valence-electron chi connectivity index (χ2n) is 6.23. The molecule has 0 unspecified atom stereocenters. The molecule has 0 saturated heterocycles. The van der Waals surface area contributed by atoms with Gasteiger partial charge >= 0.3 is 0 Å². The van der Waals surface area contributed by atoms with Crippen LogP contribution in [-0.4, -0.2) is 35.9 Å². The SMILES string of the molecule is CC1(C)Oc2ccncc2[C@H](n2ccccc2=O)[C@H]1OS(C)(=O)=O. The van der Waals surface area contributed by atoms with Gasteiger partial charge in [-0.05, 0) is 26.0 Å². The zero-order valence-electron chi connectivity index (χ0n) is 13.5. The summed E-state index contributed by atoms with van der Waals surface area (Å²) in [5, 5.41) is 0. The molecular formula is C16H18N2O5S. The monoisotopic (exact) mass is 350 g/mol. The van der Waals surface area contributed by atoms with Gasteiger partial charge in [0.05, 0.1) is 12.3 Å². The molecule has 0 N–H and O–H groups in total. The highest BCUT2D eigenvalue weighted by molar-refractivity contribution is 7.86. The number of nitrogens with zero attached hydrogens (tertiary/aromatic N) is 2. The van der Waals surface area contributed by atoms with Crippen LogP contribution in [0, 0.1) is 0 Å². The van der Waals surface area contributed by atoms with Gasteiger partial charge < -0.3 is 9.30 Å². The highest BCUT2D eigenvalue weighted by Gasteiger charge is 2.47. The molecule has 2 aromatic heterocycles. The van der Waals surface area contributed by atoms with Crippen LogP contribution < -0.4 is 10.3 Å². The van der Waals surface area contributed by atoms with Gasteiger partial charge in [-0.1, -0.05) is 6.07 Å². The van der Waals surface area contributed by atoms with Crippen molar-refractivity contribution in [2.45, 2.75) is 31.6 Å². The molecule has 0 radical (unpaired) electrons. The van der Waals surface area contributed by atoms with E-state index in [0.29, 0.717) is 11.3 Å². The van der Waals surface area contributed by atoms with Gasteiger partial charge in [0.25, 0.3) is 15.7 Å². The van der Waals surface area contributed by atoms with Crippen LogP contribution in [0.4, 0.5) is 0 Å². The van der Waals surface area contributed by atoms with Crippen LogP contribution in [0.3, 0.4) is 0 Å². The molecule has 2 aromatic rings. The van der Waals surface area contributed by atoms with Crippen molar-refractivity contribution >= 4 is 10.1 Å². The van der Waals surface area contributed by atoms with Gasteiger partial charge in [-0.3, -0.25) is 14.0 Å². The van der Waals surface area contributed by atoms with Gasteiger partial charge in [-0.15, -0.1) is 0 Å². The Hall–Kier alpha value is -2.19. The summed E-state index contributed by atoms with van der Waals surface area (Å²) in [5.74, 6) is 0.545. The third kappa shape index (κ3) is 3.07. The zero-order valence-corrected chi connectivity index (χ0v) is 14.4. The predicted octanol–water partition coefficient (Wildman–Crippen LogP) is 1.35. The molecule has 0 aromatic carbocycles. The van der Waals surface area contributed by atoms with Gasteiger partial charge in [-0.25, -0.2) is 0 Å². The maximum absolute atomic E-state index is 12.3. The molecule has 3 heterocycles. The molecule has 24 heavy (non-hydrogen) atoms. The van der Waals surface area contributed by atoms with Crippen LogP contribution in [0.25, 0.3) is 0 Å². The summed E-state index contributed by atoms with van der Waals surface area (Å²) >= 11 is 0. The van der Waals surface area contributed by atoms with Crippen molar-refractivity contribution < 1.29 is 17.3 Å². The van der Waals surface area contributed by atoms with Gasteiger partial charge in [0.1, 0.15) is 17.5 Å². The molecular weight excluding hydrogens is 332 g/mol. The van der Waals surface area contributed by atoms with Crippen molar-refractivity contribution in [1.29, 1.82) is 0 Å². The van der Waals surface area contributed by atoms with Crippen LogP contribution in [0.1, 0.15) is 25.5 Å². The summed E-state index contributed by atoms with van der Waals surface area (Å²) < 4.78 is 36.3. The van der Waals surface area contributed by atoms with Crippen molar-refractivity contribution in [1.82, 2.24) is 9.55 Å². The first kappa shape index (κ1) is 16.7. The van der Waals surface area contributed by atoms with Crippen molar-refractivity contribution in [3.8, 4) is 5.75 Å². The second-order valence-corrected chi connectivity index (χ2v) is 7.83. The number of ether oxygens (including phenoxy) is 1. The van der Waals surface area contributed by atoms with Gasteiger partial charge in [0.15, 0.2) is 0 Å². The van der Waals surface area contributed by atoms with Crippen LogP contribution in [-0.2, 0) is 14.3 Å². The van der Waals surface area contributed by atoms with Crippen LogP contribution in [0.15, 0.2) is 47.7 Å². The Labute approximate surface area is 140 Å². The van der Waals surface area contributed by atoms with Crippen LogP contribution >= 0.6 is 0 Å². The standard InChI is InChI=1S/C16H18N2O5S/c1-16(2)15(23-24(3,20)21)14(18-9-5-4-6-13(18)19)11-10-17-8-7-12(11)22-16/h4-10,14-15H,1-3H3/t14-,15+/m0/s1. The predicted molar refractivity (Wildman–Crippen MR) is 87.5 cm³/mol. The molecule has 8 heteroatoms. The lowest BCUT2D eigenvalue weighted by molar-refractivity contribution is -0.0465. The lowest BCUT2D eigenvalue weighted by Gasteiger charge is -2.43. The molecule has 0 saturated carbocycles. The highest BCUT2D eigenvalue weighted by atomic mass is 32.2. The fourth-order valence-corrected chi connectivity index (χ4v) is 3.63. The normalized spacial score (nSPS) is 22.5. The van der Waals surface area contributed by atoms with Crippen LogP contribution in [0.5, 0.6) is 5.75 Å². The van der Waals surface area contributed by atoms with E-state index >= 15 is 0 Å². The molecule has 1 aliphatic heterocycles. The summed E-state index contributed by atoms with van der Waals surface area (Å²) in [7, 11) is -3.77. The zero-order chi connectivity index (χ0) is 17.5. The molecule has 1 aliphatic rings. The summed E-state index contributed by atoms with van der Waals surface area (Å²) in [6, 6.07) is 5.75. The van der Waals surface area contributed by atoms with E-state index in [0.717, 1.165) is 6.26 Å². The Morgan fingerprint density at radius 3 is 2.71 bits per heavy atom. The van der Waals surface area contributed by atoms with Crippen molar-refractivity contribution in [2.75, 3.05) is 6.26 Å². The fourth-order valence-electron chi connectivity index (χ4n) is 2.92. The van der Waals surface area contributed by atoms with Crippen molar-refractivity contribution in [2.24, 2.45) is 0 Å². The first-order valence-electron chi connectivity index (χ1n) is 7.37. The molecule has 3 rings (SSSR count). The van der Waals surface area contributed by atoms with Gasteiger partial charge in [-0.2, -0.15) is 8.42 Å². The fraction of sp³-hybridized carbons (Fsp3) is 0.375. The molecule has 0 fully saturated rings. The Morgan fingerprint density at radius 2 is 2.04 bits per heavy atom. The highest BCUT2D eigenvalue weighted by Crippen LogP contribution is 2.42. The molecule has 7 nitrogen and oxygen atoms in total. The maximum atomic E-state index is 12.3. The van der Waals surface area contributed by atoms with Crippen molar-refractivity contribution in [3.63, 3.8) is 0 Å². The summed E-state index contributed by atoms with van der Waals surface area (Å²) in [4.78, 5) is 16.4. The Balaban J connectivity index is 2.25. The van der Waals surface area contributed by atoms with E-state index in [9.17, 15) is 13.2 Å². The molecule has 0 amide bonds. The number of fused-ring (bicyclic) bond motifs is 1. The summed E-state index contributed by atoms with van der Waals surface area (Å²) in [6.45, 7) is 3.46. The lowest BCUT2D eigenvalue weighted by Crippen LogP contribution is -2.54. The topological polar surface area (TPSA) is 87.5 Å². The van der Waals surface area contributed by atoms with Gasteiger partial charge in [0.2, 0.25) is 0 Å². The minimum atomic E-state index is -3.77. The van der Waals surface area contributed by atoms with E-state index < -0.39 is 27.9 Å². The van der Waals surface area contributed by atoms with E-state index in [4.69, 9.17) is 8.92 Å². The molecule has 0 bridgehead atoms. The third-order valence-electron chi connectivity index (χ3n) is 3.90. The maximum Gasteiger partial charge on any atom is 0.264 e. The molecule has 0 spiro atoms. The number of pyridine rings is 2. The second kappa shape index (κ2) is 5.71. The average molecular weight is 350 g/mol. The lowest BCUT2D eigenvalue weighted by atomic mass is 9.87. The van der Waals surface area contributed by atoms with E-state index in [1.165, 1.54) is 10.6 Å². The summed E-state index contributed by atoms with van der Waals surface area (Å²) in [5.41, 5.74) is -0.645. The Kier molecular flexibility index (Phi) is 3.97. The number of aromatic nitrogens is 2. The minimum absolute atomic E-state index is 0.267. The van der Waals surface area contributed by atoms with Crippen LogP contribution in [0.2, 0.25) is 0 Å². The van der Waals surface area contributed by atoms with E-state index in [1.807, 2.05) is 0 Å². The first-order chi connectivity index (χ1) is 11.2. The number of hydrogen-bond donors (Lipinski definition) is 0. The smallest absolute Gasteiger partial charge is 0.264 e. The average Bonchev–Trinajstić information content (AvgIpc) is 2.47. The van der Waals surface area contributed by atoms with E-state index in [-0.39, 0.29) is 5.56 Å². The minimum Gasteiger partial charge on any atom is -0.485 e. The summed E-state index contributed by atoms with van der Waals surface area (Å²) in [6.07, 6.45) is 4.80. The Bertz CT molecular complexity index is 920. The molecule has 2 atom stereocenters. The van der Waals surface area contributed by atoms with Crippen molar-refractivity contribution in [3.05, 3.63) is 58.8 Å². The largest absolute Gasteiger partial charge is 0.485 e. The van der Waals surface area contributed by atoms with E-state index in [2.05, 4.69) is 4.98 Å². The van der Waals surface area contributed by atoms with E-state index in [1.54, 1.807) is 50.6 Å². The molecule has 0 aliphatic carbocycles. The number of hydrogen-bond acceptors (Lipinski definition) is 6. The van der Waals surface area contributed by atoms with Gasteiger partial charge in [0, 0.05) is 30.2 Å². The molecule has 128 valence electrons. The first-order valence-corrected chi connectivity index (χ1v) is 9.19. The number of rotatable bonds is 3. The third-order valence-corrected chi connectivity index (χ3v) is 4.46. The quantitative estimate of drug-likeness (QED) is 0.777. The Morgan fingerprint density at radius 1 is 1.29 bits per heavy atom.